The maximum Gasteiger partial charge on any atom is 0.238 e. The number of phenols is 1. The van der Waals surface area contributed by atoms with Gasteiger partial charge in [0.05, 0.1) is 17.5 Å². The van der Waals surface area contributed by atoms with Crippen LogP contribution in [0.5, 0.6) is 5.75 Å². The Morgan fingerprint density at radius 2 is 1.66 bits per heavy atom. The molecule has 2 amide bonds. The predicted octanol–water partition coefficient (Wildman–Crippen LogP) is 6.14. The number of allylic oxidation sites excluding steroid dienone is 6. The third kappa shape index (κ3) is 3.63. The predicted molar refractivity (Wildman–Crippen MR) is 156 cm³/mol. The van der Waals surface area contributed by atoms with Crippen LogP contribution in [0.25, 0.3) is 10.8 Å². The first kappa shape index (κ1) is 25.7. The number of rotatable bonds is 2. The molecule has 204 valence electrons. The van der Waals surface area contributed by atoms with Gasteiger partial charge in [0.2, 0.25) is 11.8 Å². The summed E-state index contributed by atoms with van der Waals surface area (Å²) < 4.78 is 0. The molecule has 3 aromatic rings. The molecule has 0 aromatic heterocycles. The lowest BCUT2D eigenvalue weighted by molar-refractivity contribution is -0.123. The van der Waals surface area contributed by atoms with Gasteiger partial charge in [0.15, 0.2) is 11.6 Å². The summed E-state index contributed by atoms with van der Waals surface area (Å²) in [4.78, 5) is 56.1. The second-order valence-corrected chi connectivity index (χ2v) is 11.8. The quantitative estimate of drug-likeness (QED) is 0.230. The number of carbonyl (C=O) groups is 4. The molecule has 0 bridgehead atoms. The van der Waals surface area contributed by atoms with E-state index >= 15 is 0 Å². The molecule has 0 saturated carbocycles. The highest BCUT2D eigenvalue weighted by atomic mass is 35.5. The van der Waals surface area contributed by atoms with Crippen molar-refractivity contribution in [1.82, 2.24) is 0 Å². The summed E-state index contributed by atoms with van der Waals surface area (Å²) in [7, 11) is 0. The number of benzene rings is 3. The largest absolute Gasteiger partial charge is 0.507 e. The van der Waals surface area contributed by atoms with E-state index in [1.54, 1.807) is 37.3 Å². The van der Waals surface area contributed by atoms with Gasteiger partial charge in [-0.1, -0.05) is 59.6 Å². The highest BCUT2D eigenvalue weighted by Gasteiger charge is 2.56. The Bertz CT molecular complexity index is 1850. The highest BCUT2D eigenvalue weighted by Crippen LogP contribution is 2.56. The fraction of sp³-hybridized carbons (Fsp3) is 0.235. The normalized spacial score (nSPS) is 25.7. The van der Waals surface area contributed by atoms with Crippen LogP contribution < -0.4 is 4.90 Å². The number of hydrogen-bond donors (Lipinski definition) is 1. The topological polar surface area (TPSA) is 91.8 Å². The molecule has 1 fully saturated rings. The van der Waals surface area contributed by atoms with Gasteiger partial charge >= 0.3 is 0 Å². The van der Waals surface area contributed by atoms with Crippen LogP contribution in [0.4, 0.5) is 5.69 Å². The first-order valence-corrected chi connectivity index (χ1v) is 14.1. The monoisotopic (exact) mass is 563 g/mol. The first-order chi connectivity index (χ1) is 19.7. The van der Waals surface area contributed by atoms with Gasteiger partial charge in [-0.05, 0) is 73.4 Å². The molecule has 1 aliphatic heterocycles. The molecule has 41 heavy (non-hydrogen) atoms. The lowest BCUT2D eigenvalue weighted by Gasteiger charge is -2.42. The minimum Gasteiger partial charge on any atom is -0.507 e. The Hall–Kier alpha value is -4.29. The van der Waals surface area contributed by atoms with Crippen molar-refractivity contribution < 1.29 is 24.3 Å². The van der Waals surface area contributed by atoms with E-state index in [1.165, 1.54) is 11.0 Å². The fourth-order valence-electron chi connectivity index (χ4n) is 7.25. The van der Waals surface area contributed by atoms with Crippen LogP contribution in [-0.2, 0) is 19.2 Å². The second-order valence-electron chi connectivity index (χ2n) is 11.4. The van der Waals surface area contributed by atoms with Crippen LogP contribution in [0, 0.1) is 24.7 Å². The molecule has 7 heteroatoms. The van der Waals surface area contributed by atoms with Crippen molar-refractivity contribution in [3.63, 3.8) is 0 Å². The summed E-state index contributed by atoms with van der Waals surface area (Å²) in [6.45, 7) is 3.51. The smallest absolute Gasteiger partial charge is 0.238 e. The van der Waals surface area contributed by atoms with Gasteiger partial charge < -0.3 is 5.11 Å². The lowest BCUT2D eigenvalue weighted by Crippen LogP contribution is -2.39. The molecular formula is C34H26ClNO5. The summed E-state index contributed by atoms with van der Waals surface area (Å²) in [5.41, 5.74) is 4.16. The SMILES string of the molecule is CC1=CC(=O)C2=C(C1=O)C(c1ccc(O)c3ccccc13)C1=CCC3C(=O)N(c4ccc(C)c(Cl)c4)C(=O)C3C1C2. The Morgan fingerprint density at radius 3 is 2.41 bits per heavy atom. The van der Waals surface area contributed by atoms with Crippen molar-refractivity contribution in [1.29, 1.82) is 0 Å². The van der Waals surface area contributed by atoms with Crippen molar-refractivity contribution in [3.05, 3.63) is 105 Å². The maximum absolute atomic E-state index is 14.1. The van der Waals surface area contributed by atoms with Crippen molar-refractivity contribution in [2.45, 2.75) is 32.6 Å². The third-order valence-electron chi connectivity index (χ3n) is 9.22. The molecule has 6 nitrogen and oxygen atoms in total. The molecule has 4 unspecified atom stereocenters. The number of Topliss-reactive ketones (excluding diaryl/α,β-unsaturated/α-hetero) is 1. The molecule has 4 aliphatic rings. The van der Waals surface area contributed by atoms with Crippen molar-refractivity contribution in [2.24, 2.45) is 17.8 Å². The van der Waals surface area contributed by atoms with E-state index in [0.717, 1.165) is 22.1 Å². The Morgan fingerprint density at radius 1 is 0.902 bits per heavy atom. The third-order valence-corrected chi connectivity index (χ3v) is 9.63. The second kappa shape index (κ2) is 9.11. The molecule has 1 saturated heterocycles. The Balaban J connectivity index is 1.41. The molecule has 1 N–H and O–H groups in total. The molecule has 0 radical (unpaired) electrons. The van der Waals surface area contributed by atoms with E-state index in [0.29, 0.717) is 39.2 Å². The van der Waals surface area contributed by atoms with E-state index in [-0.39, 0.29) is 35.6 Å². The minimum atomic E-state index is -0.669. The summed E-state index contributed by atoms with van der Waals surface area (Å²) in [5, 5.41) is 12.5. The van der Waals surface area contributed by atoms with Gasteiger partial charge in [-0.25, -0.2) is 4.90 Å². The number of amides is 2. The summed E-state index contributed by atoms with van der Waals surface area (Å²) in [6.07, 6.45) is 3.95. The van der Waals surface area contributed by atoms with Crippen molar-refractivity contribution >= 4 is 51.4 Å². The van der Waals surface area contributed by atoms with Crippen molar-refractivity contribution in [2.75, 3.05) is 4.90 Å². The average molecular weight is 564 g/mol. The van der Waals surface area contributed by atoms with Crippen LogP contribution in [0.3, 0.4) is 0 Å². The number of aryl methyl sites for hydroxylation is 1. The molecule has 0 spiro atoms. The zero-order chi connectivity index (χ0) is 28.7. The van der Waals surface area contributed by atoms with E-state index in [1.807, 2.05) is 37.3 Å². The number of carbonyl (C=O) groups excluding carboxylic acids is 4. The van der Waals surface area contributed by atoms with E-state index in [9.17, 15) is 24.3 Å². The Labute approximate surface area is 241 Å². The number of hydrogen-bond acceptors (Lipinski definition) is 5. The number of anilines is 1. The molecule has 3 aliphatic carbocycles. The summed E-state index contributed by atoms with van der Waals surface area (Å²) in [5.74, 6) is -3.14. The number of aromatic hydroxyl groups is 1. The van der Waals surface area contributed by atoms with E-state index in [4.69, 9.17) is 11.6 Å². The van der Waals surface area contributed by atoms with Gasteiger partial charge in [-0.2, -0.15) is 0 Å². The number of halogens is 1. The van der Waals surface area contributed by atoms with Gasteiger partial charge in [0.1, 0.15) is 5.75 Å². The number of fused-ring (bicyclic) bond motifs is 4. The Kier molecular flexibility index (Phi) is 5.70. The van der Waals surface area contributed by atoms with E-state index < -0.39 is 23.7 Å². The molecule has 7 rings (SSSR count). The van der Waals surface area contributed by atoms with Crippen LogP contribution in [0.2, 0.25) is 5.02 Å². The molecule has 4 atom stereocenters. The first-order valence-electron chi connectivity index (χ1n) is 13.7. The standard InChI is InChI=1S/C34H26ClNO5/c1-16-7-8-18(14-26(16)35)36-33(40)23-10-9-22-24(30(23)34(36)41)15-25-28(38)13-17(2)32(39)31(25)29(22)21-11-12-27(37)20-6-4-3-5-19(20)21/h3-9,11-14,23-24,29-30,37H,10,15H2,1-2H3. The zero-order valence-electron chi connectivity index (χ0n) is 22.5. The fourth-order valence-corrected chi connectivity index (χ4v) is 7.43. The van der Waals surface area contributed by atoms with E-state index in [2.05, 4.69) is 0 Å². The van der Waals surface area contributed by atoms with Gasteiger partial charge in [0, 0.05) is 33.0 Å². The number of phenolic OH excluding ortho intramolecular Hbond substituents is 1. The summed E-state index contributed by atoms with van der Waals surface area (Å²) in [6, 6.07) is 16.0. The molecule has 3 aromatic carbocycles. The number of nitrogens with zero attached hydrogens (tertiary/aromatic N) is 1. The van der Waals surface area contributed by atoms with Crippen LogP contribution in [-0.4, -0.2) is 28.5 Å². The van der Waals surface area contributed by atoms with Gasteiger partial charge in [-0.3, -0.25) is 19.2 Å². The molecular weight excluding hydrogens is 538 g/mol. The van der Waals surface area contributed by atoms with Crippen LogP contribution in [0.15, 0.2) is 89.0 Å². The number of imide groups is 1. The van der Waals surface area contributed by atoms with Gasteiger partial charge in [-0.15, -0.1) is 0 Å². The van der Waals surface area contributed by atoms with Crippen LogP contribution in [0.1, 0.15) is 36.8 Å². The molecule has 1 heterocycles. The van der Waals surface area contributed by atoms with Crippen molar-refractivity contribution in [3.8, 4) is 5.75 Å². The van der Waals surface area contributed by atoms with Gasteiger partial charge in [0.25, 0.3) is 0 Å². The average Bonchev–Trinajstić information content (AvgIpc) is 3.22. The highest BCUT2D eigenvalue weighted by molar-refractivity contribution is 6.32. The summed E-state index contributed by atoms with van der Waals surface area (Å²) >= 11 is 6.36. The minimum absolute atomic E-state index is 0.120. The zero-order valence-corrected chi connectivity index (χ0v) is 23.2. The number of ketones is 2. The maximum atomic E-state index is 14.1. The lowest BCUT2D eigenvalue weighted by atomic mass is 9.59. The van der Waals surface area contributed by atoms with Crippen LogP contribution >= 0.6 is 11.6 Å².